The van der Waals surface area contributed by atoms with Crippen molar-refractivity contribution in [3.8, 4) is 0 Å². The number of nitrogens with one attached hydrogen (secondary N) is 1. The number of carbonyl (C=O) groups excluding carboxylic acids is 1. The van der Waals surface area contributed by atoms with Gasteiger partial charge in [0.15, 0.2) is 0 Å². The van der Waals surface area contributed by atoms with E-state index in [-0.39, 0.29) is 0 Å². The Labute approximate surface area is 91.8 Å². The van der Waals surface area contributed by atoms with E-state index in [1.54, 1.807) is 0 Å². The summed E-state index contributed by atoms with van der Waals surface area (Å²) in [6, 6.07) is 0.511. The fourth-order valence-electron chi connectivity index (χ4n) is 3.94. The van der Waals surface area contributed by atoms with E-state index < -0.39 is 0 Å². The summed E-state index contributed by atoms with van der Waals surface area (Å²) in [7, 11) is 0. The van der Waals surface area contributed by atoms with Crippen molar-refractivity contribution in [2.24, 2.45) is 17.8 Å². The standard InChI is InChI=1S/C13H21NO/c15-13(14-11-3-1-2-4-11)12-8-9-5-6-10(12)7-9/h9-12H,1-8H2,(H,14,15). The molecule has 0 spiro atoms. The molecular weight excluding hydrogens is 186 g/mol. The molecule has 3 rings (SSSR count). The van der Waals surface area contributed by atoms with Crippen molar-refractivity contribution >= 4 is 5.91 Å². The molecule has 0 aliphatic heterocycles. The van der Waals surface area contributed by atoms with E-state index in [2.05, 4.69) is 5.32 Å². The van der Waals surface area contributed by atoms with E-state index in [0.717, 1.165) is 11.8 Å². The monoisotopic (exact) mass is 207 g/mol. The molecule has 3 unspecified atom stereocenters. The van der Waals surface area contributed by atoms with Gasteiger partial charge in [0.1, 0.15) is 0 Å². The van der Waals surface area contributed by atoms with E-state index in [9.17, 15) is 4.79 Å². The maximum absolute atomic E-state index is 12.1. The topological polar surface area (TPSA) is 29.1 Å². The average Bonchev–Trinajstić information content (AvgIpc) is 2.93. The van der Waals surface area contributed by atoms with E-state index in [1.807, 2.05) is 0 Å². The first-order valence-corrected chi connectivity index (χ1v) is 6.63. The third-order valence-corrected chi connectivity index (χ3v) is 4.78. The van der Waals surface area contributed by atoms with Crippen LogP contribution in [0.5, 0.6) is 0 Å². The first kappa shape index (κ1) is 9.68. The lowest BCUT2D eigenvalue weighted by Crippen LogP contribution is -2.39. The van der Waals surface area contributed by atoms with Crippen LogP contribution in [0, 0.1) is 17.8 Å². The van der Waals surface area contributed by atoms with Gasteiger partial charge in [-0.3, -0.25) is 4.79 Å². The predicted octanol–water partition coefficient (Wildman–Crippen LogP) is 2.48. The first-order valence-electron chi connectivity index (χ1n) is 6.63. The summed E-state index contributed by atoms with van der Waals surface area (Å²) < 4.78 is 0. The number of carbonyl (C=O) groups is 1. The molecule has 3 fully saturated rings. The number of rotatable bonds is 2. The highest BCUT2D eigenvalue weighted by Crippen LogP contribution is 2.48. The van der Waals surface area contributed by atoms with E-state index in [0.29, 0.717) is 17.9 Å². The lowest BCUT2D eigenvalue weighted by Gasteiger charge is -2.23. The molecule has 3 aliphatic carbocycles. The van der Waals surface area contributed by atoms with Crippen LogP contribution in [0.3, 0.4) is 0 Å². The van der Waals surface area contributed by atoms with Crippen LogP contribution < -0.4 is 5.32 Å². The van der Waals surface area contributed by atoms with E-state index in [1.165, 1.54) is 51.4 Å². The van der Waals surface area contributed by atoms with Crippen LogP contribution in [0.25, 0.3) is 0 Å². The molecule has 0 aromatic carbocycles. The molecule has 0 aromatic rings. The Morgan fingerprint density at radius 3 is 2.40 bits per heavy atom. The summed E-state index contributed by atoms with van der Waals surface area (Å²) in [5.74, 6) is 2.38. The van der Waals surface area contributed by atoms with Crippen molar-refractivity contribution in [2.45, 2.75) is 57.4 Å². The molecular formula is C13H21NO. The zero-order chi connectivity index (χ0) is 10.3. The van der Waals surface area contributed by atoms with Crippen LogP contribution in [0.1, 0.15) is 51.4 Å². The summed E-state index contributed by atoms with van der Waals surface area (Å²) >= 11 is 0. The Morgan fingerprint density at radius 1 is 1.00 bits per heavy atom. The van der Waals surface area contributed by atoms with E-state index in [4.69, 9.17) is 0 Å². The number of hydrogen-bond acceptors (Lipinski definition) is 1. The van der Waals surface area contributed by atoms with Gasteiger partial charge in [0, 0.05) is 12.0 Å². The number of amides is 1. The molecule has 0 saturated heterocycles. The molecule has 0 heterocycles. The zero-order valence-corrected chi connectivity index (χ0v) is 9.37. The van der Waals surface area contributed by atoms with Crippen LogP contribution in [0.2, 0.25) is 0 Å². The minimum absolute atomic E-state index is 0.379. The second kappa shape index (κ2) is 3.80. The van der Waals surface area contributed by atoms with Crippen molar-refractivity contribution < 1.29 is 4.79 Å². The molecule has 1 N–H and O–H groups in total. The minimum atomic E-state index is 0.379. The van der Waals surface area contributed by atoms with Crippen LogP contribution in [0.4, 0.5) is 0 Å². The molecule has 1 amide bonds. The molecule has 3 aliphatic rings. The van der Waals surface area contributed by atoms with Gasteiger partial charge in [-0.25, -0.2) is 0 Å². The smallest absolute Gasteiger partial charge is 0.223 e. The molecule has 2 nitrogen and oxygen atoms in total. The quantitative estimate of drug-likeness (QED) is 0.740. The third-order valence-electron chi connectivity index (χ3n) is 4.78. The fraction of sp³-hybridized carbons (Fsp3) is 0.923. The second-order valence-corrected chi connectivity index (χ2v) is 5.77. The maximum atomic E-state index is 12.1. The molecule has 0 aromatic heterocycles. The third kappa shape index (κ3) is 1.79. The Balaban J connectivity index is 1.56. The highest BCUT2D eigenvalue weighted by Gasteiger charge is 2.43. The van der Waals surface area contributed by atoms with Crippen LogP contribution in [-0.2, 0) is 4.79 Å². The van der Waals surface area contributed by atoms with Gasteiger partial charge >= 0.3 is 0 Å². The zero-order valence-electron chi connectivity index (χ0n) is 9.37. The Bertz CT molecular complexity index is 257. The van der Waals surface area contributed by atoms with Crippen molar-refractivity contribution in [2.75, 3.05) is 0 Å². The van der Waals surface area contributed by atoms with Gasteiger partial charge in [-0.15, -0.1) is 0 Å². The van der Waals surface area contributed by atoms with Gasteiger partial charge < -0.3 is 5.32 Å². The summed E-state index contributed by atoms with van der Waals surface area (Å²) in [6.45, 7) is 0. The number of hydrogen-bond donors (Lipinski definition) is 1. The lowest BCUT2D eigenvalue weighted by molar-refractivity contribution is -0.127. The first-order chi connectivity index (χ1) is 7.33. The van der Waals surface area contributed by atoms with Crippen molar-refractivity contribution in [1.82, 2.24) is 5.32 Å². The van der Waals surface area contributed by atoms with Crippen LogP contribution in [0.15, 0.2) is 0 Å². The van der Waals surface area contributed by atoms with Crippen LogP contribution >= 0.6 is 0 Å². The van der Waals surface area contributed by atoms with Gasteiger partial charge in [0.2, 0.25) is 5.91 Å². The summed E-state index contributed by atoms with van der Waals surface area (Å²) in [4.78, 5) is 12.1. The summed E-state index contributed by atoms with van der Waals surface area (Å²) in [5.41, 5.74) is 0. The minimum Gasteiger partial charge on any atom is -0.353 e. The Morgan fingerprint density at radius 2 is 1.80 bits per heavy atom. The average molecular weight is 207 g/mol. The Hall–Kier alpha value is -0.530. The van der Waals surface area contributed by atoms with Crippen molar-refractivity contribution in [3.63, 3.8) is 0 Å². The van der Waals surface area contributed by atoms with Crippen molar-refractivity contribution in [1.29, 1.82) is 0 Å². The normalized spacial score (nSPS) is 39.9. The SMILES string of the molecule is O=C(NC1CCCC1)C1CC2CCC1C2. The van der Waals surface area contributed by atoms with Crippen LogP contribution in [-0.4, -0.2) is 11.9 Å². The van der Waals surface area contributed by atoms with E-state index >= 15 is 0 Å². The fourth-order valence-corrected chi connectivity index (χ4v) is 3.94. The molecule has 0 radical (unpaired) electrons. The maximum Gasteiger partial charge on any atom is 0.223 e. The lowest BCUT2D eigenvalue weighted by atomic mass is 9.88. The van der Waals surface area contributed by atoms with Gasteiger partial charge in [-0.05, 0) is 43.9 Å². The van der Waals surface area contributed by atoms with Gasteiger partial charge in [0.05, 0.1) is 0 Å². The summed E-state index contributed by atoms with van der Waals surface area (Å²) in [6.07, 6.45) is 10.3. The molecule has 84 valence electrons. The molecule has 15 heavy (non-hydrogen) atoms. The number of fused-ring (bicyclic) bond motifs is 2. The largest absolute Gasteiger partial charge is 0.353 e. The van der Waals surface area contributed by atoms with Gasteiger partial charge in [0.25, 0.3) is 0 Å². The van der Waals surface area contributed by atoms with Gasteiger partial charge in [-0.2, -0.15) is 0 Å². The second-order valence-electron chi connectivity index (χ2n) is 5.77. The summed E-state index contributed by atoms with van der Waals surface area (Å²) in [5, 5.41) is 3.27. The molecule has 2 heteroatoms. The highest BCUT2D eigenvalue weighted by molar-refractivity contribution is 5.79. The Kier molecular flexibility index (Phi) is 2.45. The molecule has 2 bridgehead atoms. The predicted molar refractivity (Wildman–Crippen MR) is 59.3 cm³/mol. The highest BCUT2D eigenvalue weighted by atomic mass is 16.2. The molecule has 3 saturated carbocycles. The van der Waals surface area contributed by atoms with Crippen molar-refractivity contribution in [3.05, 3.63) is 0 Å². The molecule has 3 atom stereocenters. The van der Waals surface area contributed by atoms with Gasteiger partial charge in [-0.1, -0.05) is 19.3 Å².